The zero-order valence-electron chi connectivity index (χ0n) is 17.0. The first-order valence-corrected chi connectivity index (χ1v) is 11.3. The molecule has 0 amide bonds. The molecule has 0 unspecified atom stereocenters. The van der Waals surface area contributed by atoms with Crippen molar-refractivity contribution in [2.45, 2.75) is 31.2 Å². The van der Waals surface area contributed by atoms with Gasteiger partial charge in [0.15, 0.2) is 0 Å². The standard InChI is InChI=1S/C21H27N5O2S/c1-15-10-13-26(24-29(27,28)20-7-5-4-6-16(20)2)14-19(15)25(3)18-9-12-23-21-17(18)8-11-22-21/h4-9,11-12,15,19,24H,10,13-14H2,1-3H3,(H,22,23)/t15-,19+/m1/s1. The van der Waals surface area contributed by atoms with E-state index in [1.807, 2.05) is 42.4 Å². The van der Waals surface area contributed by atoms with E-state index in [1.165, 1.54) is 0 Å². The van der Waals surface area contributed by atoms with Crippen molar-refractivity contribution < 1.29 is 8.42 Å². The lowest BCUT2D eigenvalue weighted by atomic mass is 9.93. The van der Waals surface area contributed by atoms with Gasteiger partial charge in [-0.3, -0.25) is 0 Å². The summed E-state index contributed by atoms with van der Waals surface area (Å²) in [6.07, 6.45) is 4.60. The van der Waals surface area contributed by atoms with Gasteiger partial charge in [0.1, 0.15) is 5.65 Å². The third kappa shape index (κ3) is 3.88. The molecule has 2 N–H and O–H groups in total. The summed E-state index contributed by atoms with van der Waals surface area (Å²) in [7, 11) is -1.53. The van der Waals surface area contributed by atoms with Gasteiger partial charge in [0, 0.05) is 49.6 Å². The first-order chi connectivity index (χ1) is 13.9. The van der Waals surface area contributed by atoms with E-state index in [4.69, 9.17) is 0 Å². The molecular formula is C21H27N5O2S. The Bertz CT molecular complexity index is 1110. The summed E-state index contributed by atoms with van der Waals surface area (Å²) in [5, 5.41) is 2.90. The second-order valence-electron chi connectivity index (χ2n) is 7.82. The lowest BCUT2D eigenvalue weighted by Crippen LogP contribution is -2.56. The molecule has 1 saturated heterocycles. The number of fused-ring (bicyclic) bond motifs is 1. The fraction of sp³-hybridized carbons (Fsp3) is 0.381. The second-order valence-corrected chi connectivity index (χ2v) is 9.45. The van der Waals surface area contributed by atoms with Crippen LogP contribution in [0.15, 0.2) is 53.7 Å². The van der Waals surface area contributed by atoms with Gasteiger partial charge < -0.3 is 9.88 Å². The number of pyridine rings is 1. The van der Waals surface area contributed by atoms with E-state index in [1.54, 1.807) is 18.3 Å². The largest absolute Gasteiger partial charge is 0.369 e. The zero-order chi connectivity index (χ0) is 20.6. The van der Waals surface area contributed by atoms with Gasteiger partial charge in [-0.2, -0.15) is 0 Å². The Kier molecular flexibility index (Phi) is 5.33. The molecule has 2 aromatic heterocycles. The Morgan fingerprint density at radius 3 is 2.83 bits per heavy atom. The van der Waals surface area contributed by atoms with Crippen molar-refractivity contribution in [3.8, 4) is 0 Å². The van der Waals surface area contributed by atoms with Crippen molar-refractivity contribution in [3.63, 3.8) is 0 Å². The van der Waals surface area contributed by atoms with Gasteiger partial charge in [-0.25, -0.2) is 18.4 Å². The minimum atomic E-state index is -3.61. The van der Waals surface area contributed by atoms with Crippen molar-refractivity contribution in [1.82, 2.24) is 19.8 Å². The molecule has 29 heavy (non-hydrogen) atoms. The number of nitrogens with one attached hydrogen (secondary N) is 2. The van der Waals surface area contributed by atoms with Gasteiger partial charge in [0.05, 0.1) is 4.90 Å². The number of hydrogen-bond acceptors (Lipinski definition) is 5. The smallest absolute Gasteiger partial charge is 0.253 e. The fourth-order valence-electron chi connectivity index (χ4n) is 4.15. The van der Waals surface area contributed by atoms with Crippen LogP contribution in [0.1, 0.15) is 18.9 Å². The van der Waals surface area contributed by atoms with Crippen LogP contribution in [0, 0.1) is 12.8 Å². The Labute approximate surface area is 171 Å². The molecule has 3 heterocycles. The number of piperidine rings is 1. The average Bonchev–Trinajstić information content (AvgIpc) is 3.18. The van der Waals surface area contributed by atoms with Crippen molar-refractivity contribution in [1.29, 1.82) is 0 Å². The van der Waals surface area contributed by atoms with E-state index >= 15 is 0 Å². The molecule has 8 heteroatoms. The molecule has 1 aliphatic heterocycles. The number of aromatic amines is 1. The molecule has 0 saturated carbocycles. The summed E-state index contributed by atoms with van der Waals surface area (Å²) in [6.45, 7) is 5.34. The number of aryl methyl sites for hydroxylation is 1. The zero-order valence-corrected chi connectivity index (χ0v) is 17.8. The number of H-pyrrole nitrogens is 1. The highest BCUT2D eigenvalue weighted by molar-refractivity contribution is 7.89. The van der Waals surface area contributed by atoms with Crippen LogP contribution in [0.2, 0.25) is 0 Å². The van der Waals surface area contributed by atoms with E-state index < -0.39 is 10.0 Å². The normalized spacial score (nSPS) is 20.8. The Morgan fingerprint density at radius 2 is 2.03 bits per heavy atom. The molecule has 0 spiro atoms. The number of anilines is 1. The van der Waals surface area contributed by atoms with E-state index in [-0.39, 0.29) is 6.04 Å². The van der Waals surface area contributed by atoms with E-state index in [9.17, 15) is 8.42 Å². The topological polar surface area (TPSA) is 81.3 Å². The molecule has 4 rings (SSSR count). The first-order valence-electron chi connectivity index (χ1n) is 9.85. The van der Waals surface area contributed by atoms with E-state index in [0.29, 0.717) is 23.9 Å². The number of sulfonamides is 1. The summed E-state index contributed by atoms with van der Waals surface area (Å²) in [6, 6.07) is 11.3. The third-order valence-electron chi connectivity index (χ3n) is 5.87. The van der Waals surface area contributed by atoms with E-state index in [0.717, 1.165) is 28.7 Å². The quantitative estimate of drug-likeness (QED) is 0.672. The van der Waals surface area contributed by atoms with Gasteiger partial charge in [-0.1, -0.05) is 25.1 Å². The average molecular weight is 414 g/mol. The third-order valence-corrected chi connectivity index (χ3v) is 7.40. The maximum Gasteiger partial charge on any atom is 0.253 e. The number of hydrazine groups is 1. The summed E-state index contributed by atoms with van der Waals surface area (Å²) < 4.78 is 25.8. The van der Waals surface area contributed by atoms with Crippen molar-refractivity contribution in [2.24, 2.45) is 5.92 Å². The van der Waals surface area contributed by atoms with Crippen LogP contribution in [0.3, 0.4) is 0 Å². The van der Waals surface area contributed by atoms with Crippen molar-refractivity contribution in [2.75, 3.05) is 25.0 Å². The molecule has 154 valence electrons. The van der Waals surface area contributed by atoms with Crippen LogP contribution >= 0.6 is 0 Å². The first kappa shape index (κ1) is 19.9. The van der Waals surface area contributed by atoms with Gasteiger partial charge in [-0.05, 0) is 43.0 Å². The number of rotatable bonds is 5. The maximum atomic E-state index is 12.9. The SMILES string of the molecule is Cc1ccccc1S(=O)(=O)NN1CC[C@@H](C)[C@@H](N(C)c2ccnc3[nH]ccc23)C1. The summed E-state index contributed by atoms with van der Waals surface area (Å²) >= 11 is 0. The fourth-order valence-corrected chi connectivity index (χ4v) is 5.50. The molecule has 0 aliphatic carbocycles. The number of hydrogen-bond donors (Lipinski definition) is 2. The van der Waals surface area contributed by atoms with Gasteiger partial charge in [0.2, 0.25) is 0 Å². The monoisotopic (exact) mass is 413 g/mol. The predicted molar refractivity (Wildman–Crippen MR) is 115 cm³/mol. The Balaban J connectivity index is 1.55. The molecule has 2 atom stereocenters. The highest BCUT2D eigenvalue weighted by Crippen LogP contribution is 2.30. The Hall–Kier alpha value is -2.42. The lowest BCUT2D eigenvalue weighted by Gasteiger charge is -2.42. The molecular weight excluding hydrogens is 386 g/mol. The molecule has 1 aromatic carbocycles. The molecule has 7 nitrogen and oxygen atoms in total. The maximum absolute atomic E-state index is 12.9. The predicted octanol–water partition coefficient (Wildman–Crippen LogP) is 2.91. The van der Waals surface area contributed by atoms with Crippen LogP contribution < -0.4 is 9.73 Å². The minimum Gasteiger partial charge on any atom is -0.369 e. The van der Waals surface area contributed by atoms with Crippen LogP contribution in [0.5, 0.6) is 0 Å². The molecule has 3 aromatic rings. The number of nitrogens with zero attached hydrogens (tertiary/aromatic N) is 3. The highest BCUT2D eigenvalue weighted by atomic mass is 32.2. The molecule has 1 aliphatic rings. The summed E-state index contributed by atoms with van der Waals surface area (Å²) in [5.74, 6) is 0.432. The summed E-state index contributed by atoms with van der Waals surface area (Å²) in [5.41, 5.74) is 2.69. The molecule has 0 radical (unpaired) electrons. The van der Waals surface area contributed by atoms with Crippen molar-refractivity contribution in [3.05, 3.63) is 54.4 Å². The highest BCUT2D eigenvalue weighted by Gasteiger charge is 2.32. The minimum absolute atomic E-state index is 0.170. The second kappa shape index (κ2) is 7.78. The van der Waals surface area contributed by atoms with Gasteiger partial charge in [-0.15, -0.1) is 4.83 Å². The van der Waals surface area contributed by atoms with Crippen LogP contribution in [0.4, 0.5) is 5.69 Å². The Morgan fingerprint density at radius 1 is 1.24 bits per heavy atom. The van der Waals surface area contributed by atoms with Crippen LogP contribution in [-0.2, 0) is 10.0 Å². The number of aromatic nitrogens is 2. The van der Waals surface area contributed by atoms with Gasteiger partial charge in [0.25, 0.3) is 10.0 Å². The van der Waals surface area contributed by atoms with Crippen molar-refractivity contribution >= 4 is 26.7 Å². The number of likely N-dealkylation sites (N-methyl/N-ethyl adjacent to an activating group) is 1. The summed E-state index contributed by atoms with van der Waals surface area (Å²) in [4.78, 5) is 12.9. The van der Waals surface area contributed by atoms with Crippen LogP contribution in [-0.4, -0.2) is 49.6 Å². The lowest BCUT2D eigenvalue weighted by molar-refractivity contribution is 0.144. The molecule has 0 bridgehead atoms. The number of benzene rings is 1. The molecule has 1 fully saturated rings. The van der Waals surface area contributed by atoms with Crippen LogP contribution in [0.25, 0.3) is 11.0 Å². The van der Waals surface area contributed by atoms with E-state index in [2.05, 4.69) is 33.7 Å². The van der Waals surface area contributed by atoms with Gasteiger partial charge >= 0.3 is 0 Å².